The third-order valence-electron chi connectivity index (χ3n) is 5.11. The first-order valence-corrected chi connectivity index (χ1v) is 9.75. The van der Waals surface area contributed by atoms with Crippen LogP contribution in [0.15, 0.2) is 29.4 Å². The molecule has 0 aliphatic rings. The molecule has 2 heterocycles. The summed E-state index contributed by atoms with van der Waals surface area (Å²) in [6.07, 6.45) is 2.74. The lowest BCUT2D eigenvalue weighted by molar-refractivity contribution is 0.182. The third-order valence-corrected chi connectivity index (χ3v) is 5.11. The maximum absolute atomic E-state index is 13.3. The summed E-state index contributed by atoms with van der Waals surface area (Å²) in [6.45, 7) is 6.83. The monoisotopic (exact) mass is 528 g/mol. The Balaban J connectivity index is 0.00000320. The fourth-order valence-electron chi connectivity index (χ4n) is 3.46. The minimum atomic E-state index is -0.232. The molecule has 0 radical (unpaired) electrons. The van der Waals surface area contributed by atoms with Gasteiger partial charge in [0.2, 0.25) is 0 Å². The second kappa shape index (κ2) is 11.3. The zero-order valence-electron chi connectivity index (χ0n) is 17.9. The van der Waals surface area contributed by atoms with Crippen molar-refractivity contribution in [1.82, 2.24) is 25.4 Å². The normalized spacial score (nSPS) is 11.6. The molecule has 9 heteroatoms. The second-order valence-electron chi connectivity index (χ2n) is 6.97. The van der Waals surface area contributed by atoms with Gasteiger partial charge in [0.15, 0.2) is 5.96 Å². The summed E-state index contributed by atoms with van der Waals surface area (Å²) in [6, 6.07) is 4.83. The number of aromatic amines is 1. The molecular formula is C21H30FIN6O. The first-order chi connectivity index (χ1) is 14.0. The molecule has 0 saturated heterocycles. The Morgan fingerprint density at radius 1 is 1.30 bits per heavy atom. The van der Waals surface area contributed by atoms with Crippen LogP contribution >= 0.6 is 24.0 Å². The van der Waals surface area contributed by atoms with Crippen molar-refractivity contribution in [2.75, 3.05) is 27.3 Å². The molecule has 0 unspecified atom stereocenters. The highest BCUT2D eigenvalue weighted by atomic mass is 127. The van der Waals surface area contributed by atoms with Gasteiger partial charge in [-0.25, -0.2) is 4.39 Å². The standard InChI is InChI=1S/C21H29FN6O.HI/c1-14-19(15(2)28(27-14)9-10-29-4)13-26-21(23-3)24-8-7-16-12-25-20-11-17(22)5-6-18(16)20;/h5-6,11-12,25H,7-10,13H2,1-4H3,(H2,23,24,26);1H. The Kier molecular flexibility index (Phi) is 9.09. The molecule has 0 atom stereocenters. The van der Waals surface area contributed by atoms with Crippen LogP contribution in [0.2, 0.25) is 0 Å². The fourth-order valence-corrected chi connectivity index (χ4v) is 3.46. The zero-order chi connectivity index (χ0) is 20.8. The number of aromatic nitrogens is 3. The Hall–Kier alpha value is -2.14. The fraction of sp³-hybridized carbons (Fsp3) is 0.429. The van der Waals surface area contributed by atoms with E-state index in [-0.39, 0.29) is 29.8 Å². The second-order valence-corrected chi connectivity index (χ2v) is 6.97. The van der Waals surface area contributed by atoms with Gasteiger partial charge in [0, 0.05) is 55.6 Å². The molecule has 164 valence electrons. The molecule has 2 aromatic heterocycles. The van der Waals surface area contributed by atoms with Gasteiger partial charge in [-0.15, -0.1) is 24.0 Å². The van der Waals surface area contributed by atoms with Crippen molar-refractivity contribution in [2.24, 2.45) is 4.99 Å². The van der Waals surface area contributed by atoms with Crippen LogP contribution in [-0.4, -0.2) is 48.0 Å². The van der Waals surface area contributed by atoms with E-state index >= 15 is 0 Å². The van der Waals surface area contributed by atoms with Gasteiger partial charge in [-0.05, 0) is 44.0 Å². The van der Waals surface area contributed by atoms with Crippen LogP contribution in [0.5, 0.6) is 0 Å². The molecular weight excluding hydrogens is 498 g/mol. The number of hydrogen-bond acceptors (Lipinski definition) is 3. The largest absolute Gasteiger partial charge is 0.383 e. The van der Waals surface area contributed by atoms with Crippen LogP contribution in [0, 0.1) is 19.7 Å². The van der Waals surface area contributed by atoms with E-state index in [9.17, 15) is 4.39 Å². The average Bonchev–Trinajstić information content (AvgIpc) is 3.23. The molecule has 0 bridgehead atoms. The van der Waals surface area contributed by atoms with Gasteiger partial charge >= 0.3 is 0 Å². The number of benzene rings is 1. The van der Waals surface area contributed by atoms with E-state index in [0.717, 1.165) is 53.3 Å². The van der Waals surface area contributed by atoms with Crippen LogP contribution in [0.25, 0.3) is 10.9 Å². The van der Waals surface area contributed by atoms with Crippen molar-refractivity contribution in [3.63, 3.8) is 0 Å². The number of aliphatic imine (C=N–C) groups is 1. The predicted octanol–water partition coefficient (Wildman–Crippen LogP) is 3.29. The van der Waals surface area contributed by atoms with Gasteiger partial charge in [-0.1, -0.05) is 0 Å². The van der Waals surface area contributed by atoms with Crippen LogP contribution in [0.3, 0.4) is 0 Å². The highest BCUT2D eigenvalue weighted by molar-refractivity contribution is 14.0. The molecule has 30 heavy (non-hydrogen) atoms. The summed E-state index contributed by atoms with van der Waals surface area (Å²) in [4.78, 5) is 7.43. The van der Waals surface area contributed by atoms with Gasteiger partial charge < -0.3 is 20.4 Å². The van der Waals surface area contributed by atoms with Gasteiger partial charge in [0.1, 0.15) is 5.82 Å². The molecule has 0 spiro atoms. The van der Waals surface area contributed by atoms with Crippen LogP contribution < -0.4 is 10.6 Å². The lowest BCUT2D eigenvalue weighted by Crippen LogP contribution is -2.38. The molecule has 0 amide bonds. The van der Waals surface area contributed by atoms with Gasteiger partial charge in [0.05, 0.1) is 18.8 Å². The van der Waals surface area contributed by atoms with E-state index < -0.39 is 0 Å². The van der Waals surface area contributed by atoms with Crippen molar-refractivity contribution in [1.29, 1.82) is 0 Å². The Morgan fingerprint density at radius 3 is 2.83 bits per heavy atom. The third kappa shape index (κ3) is 5.72. The molecule has 0 fully saturated rings. The van der Waals surface area contributed by atoms with Crippen molar-refractivity contribution in [2.45, 2.75) is 33.4 Å². The smallest absolute Gasteiger partial charge is 0.191 e. The summed E-state index contributed by atoms with van der Waals surface area (Å²) < 4.78 is 20.4. The van der Waals surface area contributed by atoms with Crippen molar-refractivity contribution < 1.29 is 9.13 Å². The number of halogens is 2. The van der Waals surface area contributed by atoms with E-state index in [4.69, 9.17) is 4.74 Å². The van der Waals surface area contributed by atoms with Crippen molar-refractivity contribution >= 4 is 40.8 Å². The molecule has 3 rings (SSSR count). The number of nitrogens with zero attached hydrogens (tertiary/aromatic N) is 3. The Labute approximate surface area is 193 Å². The highest BCUT2D eigenvalue weighted by Crippen LogP contribution is 2.19. The summed E-state index contributed by atoms with van der Waals surface area (Å²) in [5, 5.41) is 12.3. The number of rotatable bonds is 8. The number of guanidine groups is 1. The Morgan fingerprint density at radius 2 is 2.10 bits per heavy atom. The lowest BCUT2D eigenvalue weighted by atomic mass is 10.1. The van der Waals surface area contributed by atoms with E-state index in [2.05, 4.69) is 32.6 Å². The minimum absolute atomic E-state index is 0. The number of H-pyrrole nitrogens is 1. The van der Waals surface area contributed by atoms with Gasteiger partial charge in [0.25, 0.3) is 0 Å². The van der Waals surface area contributed by atoms with Crippen LogP contribution in [-0.2, 0) is 24.2 Å². The minimum Gasteiger partial charge on any atom is -0.383 e. The van der Waals surface area contributed by atoms with E-state index in [1.54, 1.807) is 14.2 Å². The van der Waals surface area contributed by atoms with Gasteiger partial charge in [-0.2, -0.15) is 5.10 Å². The van der Waals surface area contributed by atoms with E-state index in [0.29, 0.717) is 13.2 Å². The van der Waals surface area contributed by atoms with Crippen LogP contribution in [0.1, 0.15) is 22.5 Å². The molecule has 0 aliphatic heterocycles. The van der Waals surface area contributed by atoms with Gasteiger partial charge in [-0.3, -0.25) is 9.67 Å². The number of ether oxygens (including phenoxy) is 1. The molecule has 7 nitrogen and oxygen atoms in total. The lowest BCUT2D eigenvalue weighted by Gasteiger charge is -2.12. The maximum atomic E-state index is 13.3. The molecule has 0 saturated carbocycles. The van der Waals surface area contributed by atoms with E-state index in [1.165, 1.54) is 17.7 Å². The quantitative estimate of drug-likeness (QED) is 0.238. The van der Waals surface area contributed by atoms with Crippen molar-refractivity contribution in [3.8, 4) is 0 Å². The number of methoxy groups -OCH3 is 1. The predicted molar refractivity (Wildman–Crippen MR) is 129 cm³/mol. The van der Waals surface area contributed by atoms with Crippen LogP contribution in [0.4, 0.5) is 4.39 Å². The summed E-state index contributed by atoms with van der Waals surface area (Å²) in [5.74, 6) is 0.504. The molecule has 0 aliphatic carbocycles. The highest BCUT2D eigenvalue weighted by Gasteiger charge is 2.12. The molecule has 1 aromatic carbocycles. The summed E-state index contributed by atoms with van der Waals surface area (Å²) in [5.41, 5.74) is 5.27. The zero-order valence-corrected chi connectivity index (χ0v) is 20.2. The SMILES string of the molecule is CN=C(NCCc1c[nH]c2cc(F)ccc12)NCc1c(C)nn(CCOC)c1C.I. The average molecular weight is 528 g/mol. The van der Waals surface area contributed by atoms with Crippen molar-refractivity contribution in [3.05, 3.63) is 52.7 Å². The van der Waals surface area contributed by atoms with E-state index in [1.807, 2.05) is 23.9 Å². The summed E-state index contributed by atoms with van der Waals surface area (Å²) in [7, 11) is 3.45. The topological polar surface area (TPSA) is 79.3 Å². The number of nitrogens with one attached hydrogen (secondary N) is 3. The molecule has 3 N–H and O–H groups in total. The number of aryl methyl sites for hydroxylation is 1. The number of hydrogen-bond donors (Lipinski definition) is 3. The molecule has 3 aromatic rings. The first-order valence-electron chi connectivity index (χ1n) is 9.75. The first kappa shape index (κ1) is 24.1. The Bertz CT molecular complexity index is 997. The summed E-state index contributed by atoms with van der Waals surface area (Å²) >= 11 is 0. The maximum Gasteiger partial charge on any atom is 0.191 e. The number of fused-ring (bicyclic) bond motifs is 1.